The maximum absolute atomic E-state index is 12.5. The van der Waals surface area contributed by atoms with Gasteiger partial charge in [-0.3, -0.25) is 9.59 Å². The van der Waals surface area contributed by atoms with Crippen LogP contribution >= 0.6 is 0 Å². The Hall–Kier alpha value is -2.96. The highest BCUT2D eigenvalue weighted by Gasteiger charge is 2.20. The lowest BCUT2D eigenvalue weighted by atomic mass is 10.0. The van der Waals surface area contributed by atoms with Crippen LogP contribution in [0.25, 0.3) is 10.8 Å². The lowest BCUT2D eigenvalue weighted by molar-refractivity contribution is -0.122. The van der Waals surface area contributed by atoms with E-state index in [1.807, 2.05) is 26.0 Å². The molecule has 1 atom stereocenters. The monoisotopic (exact) mass is 340 g/mol. The third-order valence-electron chi connectivity index (χ3n) is 4.12. The molecule has 7 nitrogen and oxygen atoms in total. The number of hydrogen-bond donors (Lipinski definition) is 2. The summed E-state index contributed by atoms with van der Waals surface area (Å²) >= 11 is 0. The Labute approximate surface area is 144 Å². The molecular weight excluding hydrogens is 320 g/mol. The molecule has 0 aliphatic heterocycles. The van der Waals surface area contributed by atoms with Gasteiger partial charge in [0.2, 0.25) is 5.91 Å². The Kier molecular flexibility index (Phi) is 4.65. The first-order chi connectivity index (χ1) is 12.0. The maximum Gasteiger partial charge on any atom is 0.272 e. The van der Waals surface area contributed by atoms with Crippen molar-refractivity contribution >= 4 is 16.7 Å². The van der Waals surface area contributed by atoms with Gasteiger partial charge < -0.3 is 9.84 Å². The summed E-state index contributed by atoms with van der Waals surface area (Å²) in [7, 11) is 0. The zero-order chi connectivity index (χ0) is 18.0. The Bertz CT molecular complexity index is 958. The number of rotatable bonds is 5. The lowest BCUT2D eigenvalue weighted by Crippen LogP contribution is -2.29. The van der Waals surface area contributed by atoms with Gasteiger partial charge in [0, 0.05) is 17.4 Å². The molecule has 0 aliphatic rings. The average molecular weight is 340 g/mol. The van der Waals surface area contributed by atoms with Gasteiger partial charge in [-0.05, 0) is 13.0 Å². The van der Waals surface area contributed by atoms with Gasteiger partial charge in [-0.25, -0.2) is 5.10 Å². The summed E-state index contributed by atoms with van der Waals surface area (Å²) in [5.41, 5.74) is 0.940. The van der Waals surface area contributed by atoms with E-state index in [0.717, 1.165) is 5.76 Å². The van der Waals surface area contributed by atoms with Crippen LogP contribution in [0.3, 0.4) is 0 Å². The van der Waals surface area contributed by atoms with E-state index in [0.29, 0.717) is 22.2 Å². The quantitative estimate of drug-likeness (QED) is 0.743. The second kappa shape index (κ2) is 6.88. The van der Waals surface area contributed by atoms with Crippen molar-refractivity contribution in [3.63, 3.8) is 0 Å². The molecule has 130 valence electrons. The standard InChI is InChI=1S/C18H20N4O3/c1-10(2)15-8-12(22-25-15)9-19-17(23)11(3)16-13-6-4-5-7-14(13)18(24)21-20-16/h4-8,10-11H,9H2,1-3H3,(H,19,23)(H,21,24). The normalized spacial score (nSPS) is 12.5. The molecule has 3 aromatic rings. The van der Waals surface area contributed by atoms with E-state index in [4.69, 9.17) is 4.52 Å². The van der Waals surface area contributed by atoms with E-state index >= 15 is 0 Å². The van der Waals surface area contributed by atoms with Gasteiger partial charge in [-0.2, -0.15) is 5.10 Å². The molecule has 2 N–H and O–H groups in total. The smallest absolute Gasteiger partial charge is 0.272 e. The fraction of sp³-hybridized carbons (Fsp3) is 0.333. The first-order valence-electron chi connectivity index (χ1n) is 8.18. The Morgan fingerprint density at radius 1 is 1.24 bits per heavy atom. The molecule has 2 aromatic heterocycles. The molecule has 1 aromatic carbocycles. The molecule has 0 bridgehead atoms. The van der Waals surface area contributed by atoms with Crippen molar-refractivity contribution in [2.45, 2.75) is 39.2 Å². The fourth-order valence-corrected chi connectivity index (χ4v) is 2.60. The summed E-state index contributed by atoms with van der Waals surface area (Å²) in [4.78, 5) is 24.3. The SMILES string of the molecule is CC(C)c1cc(CNC(=O)C(C)c2n[nH]c(=O)c3ccccc23)no1. The number of nitrogens with zero attached hydrogens (tertiary/aromatic N) is 2. The van der Waals surface area contributed by atoms with Gasteiger partial charge in [0.1, 0.15) is 11.5 Å². The van der Waals surface area contributed by atoms with Crippen molar-refractivity contribution in [3.05, 3.63) is 57.8 Å². The number of H-pyrrole nitrogens is 1. The van der Waals surface area contributed by atoms with E-state index in [9.17, 15) is 9.59 Å². The molecule has 1 unspecified atom stereocenters. The Balaban J connectivity index is 1.76. The number of carbonyl (C=O) groups excluding carboxylic acids is 1. The number of carbonyl (C=O) groups is 1. The third kappa shape index (κ3) is 3.45. The van der Waals surface area contributed by atoms with Crippen molar-refractivity contribution in [2.24, 2.45) is 0 Å². The second-order valence-corrected chi connectivity index (χ2v) is 6.30. The number of fused-ring (bicyclic) bond motifs is 1. The molecule has 0 aliphatic carbocycles. The van der Waals surface area contributed by atoms with Crippen molar-refractivity contribution in [1.29, 1.82) is 0 Å². The van der Waals surface area contributed by atoms with Gasteiger partial charge in [0.15, 0.2) is 0 Å². The molecule has 0 saturated carbocycles. The molecule has 0 radical (unpaired) electrons. The topological polar surface area (TPSA) is 101 Å². The van der Waals surface area contributed by atoms with Crippen LogP contribution in [-0.4, -0.2) is 21.3 Å². The highest BCUT2D eigenvalue weighted by molar-refractivity contribution is 5.90. The van der Waals surface area contributed by atoms with Crippen LogP contribution in [0.15, 0.2) is 39.6 Å². The number of aromatic nitrogens is 3. The minimum atomic E-state index is -0.516. The van der Waals surface area contributed by atoms with E-state index in [1.165, 1.54) is 0 Å². The van der Waals surface area contributed by atoms with Crippen LogP contribution in [0, 0.1) is 0 Å². The molecule has 3 rings (SSSR count). The summed E-state index contributed by atoms with van der Waals surface area (Å²) in [6, 6.07) is 8.95. The summed E-state index contributed by atoms with van der Waals surface area (Å²) in [5, 5.41) is 14.5. The number of aromatic amines is 1. The van der Waals surface area contributed by atoms with Gasteiger partial charge in [0.05, 0.1) is 23.5 Å². The number of amides is 1. The number of nitrogens with one attached hydrogen (secondary N) is 2. The molecule has 7 heteroatoms. The minimum absolute atomic E-state index is 0.196. The van der Waals surface area contributed by atoms with Gasteiger partial charge >= 0.3 is 0 Å². The van der Waals surface area contributed by atoms with Crippen LogP contribution in [0.5, 0.6) is 0 Å². The zero-order valence-corrected chi connectivity index (χ0v) is 14.4. The van der Waals surface area contributed by atoms with Crippen LogP contribution in [-0.2, 0) is 11.3 Å². The van der Waals surface area contributed by atoms with Gasteiger partial charge in [-0.1, -0.05) is 37.2 Å². The van der Waals surface area contributed by atoms with Crippen molar-refractivity contribution in [1.82, 2.24) is 20.7 Å². The summed E-state index contributed by atoms with van der Waals surface area (Å²) in [6.45, 7) is 6.06. The van der Waals surface area contributed by atoms with Crippen LogP contribution in [0.4, 0.5) is 0 Å². The largest absolute Gasteiger partial charge is 0.361 e. The molecule has 0 saturated heterocycles. The Morgan fingerprint density at radius 2 is 1.96 bits per heavy atom. The lowest BCUT2D eigenvalue weighted by Gasteiger charge is -2.12. The number of hydrogen-bond acceptors (Lipinski definition) is 5. The summed E-state index contributed by atoms with van der Waals surface area (Å²) in [5.74, 6) is 0.315. The number of benzene rings is 1. The molecular formula is C18H20N4O3. The first-order valence-corrected chi connectivity index (χ1v) is 8.18. The predicted octanol–water partition coefficient (Wildman–Crippen LogP) is 2.45. The third-order valence-corrected chi connectivity index (χ3v) is 4.12. The van der Waals surface area contributed by atoms with E-state index < -0.39 is 5.92 Å². The van der Waals surface area contributed by atoms with E-state index in [-0.39, 0.29) is 23.9 Å². The second-order valence-electron chi connectivity index (χ2n) is 6.30. The fourth-order valence-electron chi connectivity index (χ4n) is 2.60. The molecule has 0 spiro atoms. The zero-order valence-electron chi connectivity index (χ0n) is 14.4. The van der Waals surface area contributed by atoms with E-state index in [1.54, 1.807) is 25.1 Å². The average Bonchev–Trinajstić information content (AvgIpc) is 3.09. The van der Waals surface area contributed by atoms with Crippen LogP contribution in [0.1, 0.15) is 49.8 Å². The molecule has 2 heterocycles. The van der Waals surface area contributed by atoms with Gasteiger partial charge in [-0.15, -0.1) is 0 Å². The summed E-state index contributed by atoms with van der Waals surface area (Å²) < 4.78 is 5.22. The predicted molar refractivity (Wildman–Crippen MR) is 93.2 cm³/mol. The highest BCUT2D eigenvalue weighted by atomic mass is 16.5. The first kappa shape index (κ1) is 16.9. The van der Waals surface area contributed by atoms with Crippen LogP contribution in [0.2, 0.25) is 0 Å². The molecule has 0 fully saturated rings. The molecule has 25 heavy (non-hydrogen) atoms. The van der Waals surface area contributed by atoms with Crippen molar-refractivity contribution in [2.75, 3.05) is 0 Å². The van der Waals surface area contributed by atoms with Crippen LogP contribution < -0.4 is 10.9 Å². The van der Waals surface area contributed by atoms with E-state index in [2.05, 4.69) is 20.7 Å². The van der Waals surface area contributed by atoms with Gasteiger partial charge in [0.25, 0.3) is 5.56 Å². The van der Waals surface area contributed by atoms with Crippen molar-refractivity contribution in [3.8, 4) is 0 Å². The summed E-state index contributed by atoms with van der Waals surface area (Å²) in [6.07, 6.45) is 0. The minimum Gasteiger partial charge on any atom is -0.361 e. The maximum atomic E-state index is 12.5. The van der Waals surface area contributed by atoms with Crippen molar-refractivity contribution < 1.29 is 9.32 Å². The molecule has 1 amide bonds. The Morgan fingerprint density at radius 3 is 2.64 bits per heavy atom. The highest BCUT2D eigenvalue weighted by Crippen LogP contribution is 2.21.